The summed E-state index contributed by atoms with van der Waals surface area (Å²) in [5.74, 6) is -1.54. The fourth-order valence-corrected chi connectivity index (χ4v) is 4.04. The summed E-state index contributed by atoms with van der Waals surface area (Å²) in [4.78, 5) is 12.8. The summed E-state index contributed by atoms with van der Waals surface area (Å²) in [7, 11) is 0. The molecule has 0 saturated heterocycles. The Labute approximate surface area is 185 Å². The van der Waals surface area contributed by atoms with Crippen molar-refractivity contribution in [3.8, 4) is 17.3 Å². The fourth-order valence-electron chi connectivity index (χ4n) is 2.79. The Kier molecular flexibility index (Phi) is 6.68. The topological polar surface area (TPSA) is 73.0 Å². The molecule has 0 saturated carbocycles. The maximum atomic E-state index is 12.4. The number of rotatable bonds is 8. The van der Waals surface area contributed by atoms with Crippen LogP contribution in [0.4, 0.5) is 14.5 Å². The first-order valence-electron chi connectivity index (χ1n) is 9.12. The van der Waals surface area contributed by atoms with Crippen molar-refractivity contribution >= 4 is 35.1 Å². The van der Waals surface area contributed by atoms with Gasteiger partial charge in [0.15, 0.2) is 10.9 Å². The maximum absolute atomic E-state index is 12.4. The van der Waals surface area contributed by atoms with Crippen LogP contribution in [-0.4, -0.2) is 32.2 Å². The van der Waals surface area contributed by atoms with Gasteiger partial charge in [-0.1, -0.05) is 41.7 Å². The van der Waals surface area contributed by atoms with E-state index >= 15 is 0 Å². The van der Waals surface area contributed by atoms with Crippen LogP contribution >= 0.6 is 23.5 Å². The maximum Gasteiger partial charge on any atom is 0.288 e. The van der Waals surface area contributed by atoms with Crippen molar-refractivity contribution in [2.75, 3.05) is 11.1 Å². The minimum absolute atomic E-state index is 0.0939. The average molecular weight is 459 g/mol. The van der Waals surface area contributed by atoms with Crippen LogP contribution in [0.15, 0.2) is 87.5 Å². The second-order valence-corrected chi connectivity index (χ2v) is 8.20. The molecule has 158 valence electrons. The Bertz CT molecular complexity index is 1130. The van der Waals surface area contributed by atoms with E-state index in [1.54, 1.807) is 42.7 Å². The molecule has 2 aromatic carbocycles. The number of halogens is 2. The molecular weight excluding hydrogens is 442 g/mol. The lowest BCUT2D eigenvalue weighted by molar-refractivity contribution is -0.113. The number of carbonyl (C=O) groups excluding carboxylic acids is 1. The highest BCUT2D eigenvalue weighted by molar-refractivity contribution is 8.00. The molecule has 0 bridgehead atoms. The monoisotopic (exact) mass is 458 g/mol. The van der Waals surface area contributed by atoms with E-state index in [2.05, 4.69) is 15.5 Å². The molecule has 4 aromatic rings. The summed E-state index contributed by atoms with van der Waals surface area (Å²) < 4.78 is 32.1. The van der Waals surface area contributed by atoms with Crippen LogP contribution in [0.1, 0.15) is 0 Å². The number of nitrogens with zero attached hydrogens (tertiary/aromatic N) is 3. The van der Waals surface area contributed by atoms with Crippen molar-refractivity contribution in [3.63, 3.8) is 0 Å². The molecule has 4 rings (SSSR count). The number of thioether (sulfide) groups is 2. The zero-order valence-corrected chi connectivity index (χ0v) is 17.6. The molecule has 0 aliphatic rings. The number of para-hydroxylation sites is 1. The highest BCUT2D eigenvalue weighted by atomic mass is 32.2. The van der Waals surface area contributed by atoms with E-state index < -0.39 is 5.76 Å². The Balaban J connectivity index is 1.46. The number of hydrogen-bond donors (Lipinski definition) is 1. The van der Waals surface area contributed by atoms with Crippen molar-refractivity contribution in [2.24, 2.45) is 0 Å². The van der Waals surface area contributed by atoms with Gasteiger partial charge in [0.05, 0.1) is 12.0 Å². The molecule has 0 aliphatic carbocycles. The third-order valence-electron chi connectivity index (χ3n) is 4.08. The number of hydrogen-bond acceptors (Lipinski definition) is 6. The quantitative estimate of drug-likeness (QED) is 0.348. The van der Waals surface area contributed by atoms with Gasteiger partial charge in [-0.15, -0.1) is 10.2 Å². The van der Waals surface area contributed by atoms with Crippen LogP contribution in [0.2, 0.25) is 0 Å². The predicted molar refractivity (Wildman–Crippen MR) is 117 cm³/mol. The van der Waals surface area contributed by atoms with Crippen molar-refractivity contribution in [2.45, 2.75) is 15.8 Å². The zero-order chi connectivity index (χ0) is 21.6. The van der Waals surface area contributed by atoms with E-state index in [4.69, 9.17) is 4.42 Å². The van der Waals surface area contributed by atoms with E-state index in [1.807, 2.05) is 34.9 Å². The molecule has 31 heavy (non-hydrogen) atoms. The van der Waals surface area contributed by atoms with Gasteiger partial charge in [-0.05, 0) is 48.5 Å². The zero-order valence-electron chi connectivity index (χ0n) is 15.9. The summed E-state index contributed by atoms with van der Waals surface area (Å²) >= 11 is 1.69. The van der Waals surface area contributed by atoms with Gasteiger partial charge in [0.25, 0.3) is 5.76 Å². The third-order valence-corrected chi connectivity index (χ3v) is 5.74. The van der Waals surface area contributed by atoms with Crippen LogP contribution in [0.25, 0.3) is 17.3 Å². The van der Waals surface area contributed by atoms with Gasteiger partial charge in [0.1, 0.15) is 0 Å². The standard InChI is InChI=1S/C21H16F2N4O2S2/c22-20(23)31-16-10-8-14(9-11-16)24-18(28)13-30-21-26-25-19(17-7-4-12-29-17)27(21)15-5-2-1-3-6-15/h1-12,20H,13H2,(H,24,28). The third kappa shape index (κ3) is 5.33. The number of carbonyl (C=O) groups is 1. The van der Waals surface area contributed by atoms with Gasteiger partial charge in [0.2, 0.25) is 11.7 Å². The van der Waals surface area contributed by atoms with Gasteiger partial charge < -0.3 is 9.73 Å². The number of alkyl halides is 2. The minimum Gasteiger partial charge on any atom is -0.461 e. The lowest BCUT2D eigenvalue weighted by Gasteiger charge is -2.09. The molecule has 0 unspecified atom stereocenters. The molecule has 0 spiro atoms. The van der Waals surface area contributed by atoms with Gasteiger partial charge in [-0.3, -0.25) is 9.36 Å². The normalized spacial score (nSPS) is 11.1. The fraction of sp³-hybridized carbons (Fsp3) is 0.0952. The SMILES string of the molecule is O=C(CSc1nnc(-c2ccco2)n1-c1ccccc1)Nc1ccc(SC(F)F)cc1. The number of benzene rings is 2. The predicted octanol–water partition coefficient (Wildman–Crippen LogP) is 5.57. The summed E-state index contributed by atoms with van der Waals surface area (Å²) in [6, 6.07) is 19.4. The molecule has 10 heteroatoms. The summed E-state index contributed by atoms with van der Waals surface area (Å²) in [5.41, 5.74) is 1.37. The van der Waals surface area contributed by atoms with Crippen molar-refractivity contribution in [1.29, 1.82) is 0 Å². The van der Waals surface area contributed by atoms with Crippen LogP contribution in [0, 0.1) is 0 Å². The first kappa shape index (κ1) is 21.1. The summed E-state index contributed by atoms with van der Waals surface area (Å²) in [6.07, 6.45) is 1.56. The number of anilines is 1. The van der Waals surface area contributed by atoms with Gasteiger partial charge in [-0.2, -0.15) is 8.78 Å². The van der Waals surface area contributed by atoms with E-state index in [1.165, 1.54) is 11.8 Å². The molecule has 2 heterocycles. The average Bonchev–Trinajstić information content (AvgIpc) is 3.43. The first-order chi connectivity index (χ1) is 15.1. The van der Waals surface area contributed by atoms with Crippen molar-refractivity contribution < 1.29 is 18.0 Å². The van der Waals surface area contributed by atoms with Gasteiger partial charge in [-0.25, -0.2) is 0 Å². The van der Waals surface area contributed by atoms with E-state index in [9.17, 15) is 13.6 Å². The van der Waals surface area contributed by atoms with E-state index in [0.717, 1.165) is 5.69 Å². The molecular formula is C21H16F2N4O2S2. The lowest BCUT2D eigenvalue weighted by Crippen LogP contribution is -2.14. The van der Waals surface area contributed by atoms with Crippen molar-refractivity contribution in [3.05, 3.63) is 73.0 Å². The highest BCUT2D eigenvalue weighted by Gasteiger charge is 2.19. The number of aromatic nitrogens is 3. The molecule has 1 N–H and O–H groups in total. The lowest BCUT2D eigenvalue weighted by atomic mass is 10.3. The van der Waals surface area contributed by atoms with Gasteiger partial charge >= 0.3 is 0 Å². The van der Waals surface area contributed by atoms with Crippen LogP contribution in [0.3, 0.4) is 0 Å². The first-order valence-corrected chi connectivity index (χ1v) is 11.0. The van der Waals surface area contributed by atoms with Gasteiger partial charge in [0, 0.05) is 16.3 Å². The molecule has 0 radical (unpaired) electrons. The largest absolute Gasteiger partial charge is 0.461 e. The summed E-state index contributed by atoms with van der Waals surface area (Å²) in [6.45, 7) is 0. The Morgan fingerprint density at radius 2 is 1.81 bits per heavy atom. The Hall–Kier alpha value is -3.11. The molecule has 1 amide bonds. The van der Waals surface area contributed by atoms with Crippen LogP contribution in [0.5, 0.6) is 0 Å². The highest BCUT2D eigenvalue weighted by Crippen LogP contribution is 2.29. The number of amides is 1. The summed E-state index contributed by atoms with van der Waals surface area (Å²) in [5, 5.41) is 11.8. The van der Waals surface area contributed by atoms with E-state index in [0.29, 0.717) is 39.1 Å². The minimum atomic E-state index is -2.48. The van der Waals surface area contributed by atoms with E-state index in [-0.39, 0.29) is 11.7 Å². The molecule has 6 nitrogen and oxygen atoms in total. The second-order valence-electron chi connectivity index (χ2n) is 6.19. The smallest absolute Gasteiger partial charge is 0.288 e. The Morgan fingerprint density at radius 3 is 2.48 bits per heavy atom. The molecule has 0 fully saturated rings. The number of furan rings is 1. The van der Waals surface area contributed by atoms with Crippen LogP contribution < -0.4 is 5.32 Å². The number of nitrogens with one attached hydrogen (secondary N) is 1. The molecule has 2 aromatic heterocycles. The second kappa shape index (κ2) is 9.80. The van der Waals surface area contributed by atoms with Crippen molar-refractivity contribution in [1.82, 2.24) is 14.8 Å². The molecule has 0 atom stereocenters. The van der Waals surface area contributed by atoms with Crippen LogP contribution in [-0.2, 0) is 4.79 Å². The molecule has 0 aliphatic heterocycles. The Morgan fingerprint density at radius 1 is 1.03 bits per heavy atom.